The van der Waals surface area contributed by atoms with Gasteiger partial charge < -0.3 is 14.4 Å². The van der Waals surface area contributed by atoms with Gasteiger partial charge in [0.25, 0.3) is 0 Å². The molecule has 0 aromatic carbocycles. The number of fused-ring (bicyclic) bond motifs is 1. The van der Waals surface area contributed by atoms with Gasteiger partial charge in [0.15, 0.2) is 0 Å². The Morgan fingerprint density at radius 2 is 2.15 bits per heavy atom. The topological polar surface area (TPSA) is 84.9 Å². The molecular formula is C19H20N4O4. The highest BCUT2D eigenvalue weighted by atomic mass is 16.6. The summed E-state index contributed by atoms with van der Waals surface area (Å²) >= 11 is 0. The van der Waals surface area contributed by atoms with Crippen molar-refractivity contribution in [2.24, 2.45) is 0 Å². The third kappa shape index (κ3) is 3.42. The minimum atomic E-state index is -0.415. The SMILES string of the molecule is COC(=O)c1ccc(N2C[C@H]3OC(=O)N(CCc4ccccn4)[C@H]3C2)nc1. The number of carbonyl (C=O) groups excluding carboxylic acids is 2. The van der Waals surface area contributed by atoms with Gasteiger partial charge in [-0.3, -0.25) is 9.88 Å². The summed E-state index contributed by atoms with van der Waals surface area (Å²) in [7, 11) is 1.34. The minimum absolute atomic E-state index is 0.0108. The molecule has 2 aliphatic rings. The third-order valence-corrected chi connectivity index (χ3v) is 4.95. The monoisotopic (exact) mass is 368 g/mol. The van der Waals surface area contributed by atoms with Gasteiger partial charge in [-0.05, 0) is 24.3 Å². The molecule has 140 valence electrons. The standard InChI is InChI=1S/C19H20N4O4/c1-26-18(24)13-5-6-17(21-10-13)22-11-15-16(12-22)27-19(25)23(15)9-7-14-4-2-3-8-20-14/h2-6,8,10,15-16H,7,9,11-12H2,1H3/t15-,16+/m0/s1. The number of esters is 1. The Hall–Kier alpha value is -3.16. The first-order valence-electron chi connectivity index (χ1n) is 8.82. The fourth-order valence-electron chi connectivity index (χ4n) is 3.54. The number of anilines is 1. The zero-order valence-electron chi connectivity index (χ0n) is 14.9. The van der Waals surface area contributed by atoms with E-state index in [9.17, 15) is 9.59 Å². The number of methoxy groups -OCH3 is 1. The van der Waals surface area contributed by atoms with Crippen molar-refractivity contribution in [1.82, 2.24) is 14.9 Å². The van der Waals surface area contributed by atoms with Crippen molar-refractivity contribution >= 4 is 17.9 Å². The first-order chi connectivity index (χ1) is 13.2. The summed E-state index contributed by atoms with van der Waals surface area (Å²) in [6, 6.07) is 9.22. The van der Waals surface area contributed by atoms with Crippen LogP contribution in [0, 0.1) is 0 Å². The normalized spacial score (nSPS) is 21.1. The summed E-state index contributed by atoms with van der Waals surface area (Å²) in [4.78, 5) is 36.2. The fourth-order valence-corrected chi connectivity index (χ4v) is 3.54. The second-order valence-corrected chi connectivity index (χ2v) is 6.56. The number of carbonyl (C=O) groups is 2. The van der Waals surface area contributed by atoms with Gasteiger partial charge >= 0.3 is 12.1 Å². The zero-order valence-corrected chi connectivity index (χ0v) is 14.9. The van der Waals surface area contributed by atoms with E-state index in [1.54, 1.807) is 23.2 Å². The first-order valence-corrected chi connectivity index (χ1v) is 8.82. The van der Waals surface area contributed by atoms with Crippen LogP contribution in [0.25, 0.3) is 0 Å². The Morgan fingerprint density at radius 3 is 2.85 bits per heavy atom. The maximum Gasteiger partial charge on any atom is 0.410 e. The molecule has 2 atom stereocenters. The van der Waals surface area contributed by atoms with E-state index in [2.05, 4.69) is 19.6 Å². The van der Waals surface area contributed by atoms with Crippen molar-refractivity contribution in [1.29, 1.82) is 0 Å². The van der Waals surface area contributed by atoms with E-state index in [1.807, 2.05) is 18.2 Å². The van der Waals surface area contributed by atoms with Gasteiger partial charge in [0.1, 0.15) is 11.9 Å². The Balaban J connectivity index is 1.41. The van der Waals surface area contributed by atoms with Crippen molar-refractivity contribution in [3.8, 4) is 0 Å². The molecule has 0 bridgehead atoms. The second kappa shape index (κ2) is 7.22. The predicted octanol–water partition coefficient (Wildman–Crippen LogP) is 1.52. The van der Waals surface area contributed by atoms with Crippen LogP contribution in [0.5, 0.6) is 0 Å². The van der Waals surface area contributed by atoms with Gasteiger partial charge in [-0.1, -0.05) is 6.07 Å². The van der Waals surface area contributed by atoms with Crippen molar-refractivity contribution in [3.05, 3.63) is 54.0 Å². The summed E-state index contributed by atoms with van der Waals surface area (Å²) in [5.74, 6) is 0.333. The van der Waals surface area contributed by atoms with Crippen LogP contribution in [0.2, 0.25) is 0 Å². The Labute approximate surface area is 156 Å². The summed E-state index contributed by atoms with van der Waals surface area (Å²) in [6.07, 6.45) is 3.49. The fraction of sp³-hybridized carbons (Fsp3) is 0.368. The van der Waals surface area contributed by atoms with Gasteiger partial charge in [0.2, 0.25) is 0 Å². The van der Waals surface area contributed by atoms with Crippen LogP contribution in [0.1, 0.15) is 16.1 Å². The molecule has 0 saturated carbocycles. The molecule has 0 radical (unpaired) electrons. The predicted molar refractivity (Wildman–Crippen MR) is 96.5 cm³/mol. The number of hydrogen-bond acceptors (Lipinski definition) is 7. The van der Waals surface area contributed by atoms with E-state index < -0.39 is 5.97 Å². The molecule has 0 spiro atoms. The van der Waals surface area contributed by atoms with Crippen molar-refractivity contribution in [2.45, 2.75) is 18.6 Å². The van der Waals surface area contributed by atoms with Crippen LogP contribution in [0.15, 0.2) is 42.7 Å². The van der Waals surface area contributed by atoms with E-state index in [0.29, 0.717) is 31.6 Å². The lowest BCUT2D eigenvalue weighted by molar-refractivity contribution is 0.0600. The van der Waals surface area contributed by atoms with Crippen molar-refractivity contribution in [3.63, 3.8) is 0 Å². The van der Waals surface area contributed by atoms with E-state index in [-0.39, 0.29) is 18.2 Å². The van der Waals surface area contributed by atoms with Gasteiger partial charge in [-0.15, -0.1) is 0 Å². The van der Waals surface area contributed by atoms with Gasteiger partial charge in [0.05, 0.1) is 25.3 Å². The van der Waals surface area contributed by atoms with Crippen molar-refractivity contribution in [2.75, 3.05) is 31.6 Å². The molecule has 1 amide bonds. The molecule has 2 aromatic heterocycles. The molecular weight excluding hydrogens is 348 g/mol. The van der Waals surface area contributed by atoms with Gasteiger partial charge in [0, 0.05) is 37.6 Å². The average Bonchev–Trinajstić information content (AvgIpc) is 3.24. The molecule has 0 unspecified atom stereocenters. The molecule has 27 heavy (non-hydrogen) atoms. The highest BCUT2D eigenvalue weighted by molar-refractivity contribution is 5.89. The lowest BCUT2D eigenvalue weighted by atomic mass is 10.2. The number of amides is 1. The average molecular weight is 368 g/mol. The van der Waals surface area contributed by atoms with Crippen LogP contribution in [-0.4, -0.2) is 65.8 Å². The van der Waals surface area contributed by atoms with Crippen LogP contribution in [0.3, 0.4) is 0 Å². The number of aromatic nitrogens is 2. The van der Waals surface area contributed by atoms with Gasteiger partial charge in [-0.25, -0.2) is 14.6 Å². The van der Waals surface area contributed by atoms with Crippen LogP contribution in [-0.2, 0) is 15.9 Å². The summed E-state index contributed by atoms with van der Waals surface area (Å²) in [5, 5.41) is 0. The Morgan fingerprint density at radius 1 is 1.26 bits per heavy atom. The number of nitrogens with zero attached hydrogens (tertiary/aromatic N) is 4. The maximum atomic E-state index is 12.2. The number of pyridine rings is 2. The highest BCUT2D eigenvalue weighted by Crippen LogP contribution is 2.29. The third-order valence-electron chi connectivity index (χ3n) is 4.95. The van der Waals surface area contributed by atoms with Crippen LogP contribution >= 0.6 is 0 Å². The molecule has 4 rings (SSSR count). The lowest BCUT2D eigenvalue weighted by Gasteiger charge is -2.23. The maximum absolute atomic E-state index is 12.2. The Kier molecular flexibility index (Phi) is 4.62. The summed E-state index contributed by atoms with van der Waals surface area (Å²) < 4.78 is 10.2. The molecule has 8 heteroatoms. The van der Waals surface area contributed by atoms with Gasteiger partial charge in [-0.2, -0.15) is 0 Å². The van der Waals surface area contributed by atoms with E-state index >= 15 is 0 Å². The quantitative estimate of drug-likeness (QED) is 0.740. The second-order valence-electron chi connectivity index (χ2n) is 6.56. The van der Waals surface area contributed by atoms with E-state index in [4.69, 9.17) is 4.74 Å². The molecule has 0 N–H and O–H groups in total. The van der Waals surface area contributed by atoms with E-state index in [1.165, 1.54) is 13.3 Å². The number of ether oxygens (including phenoxy) is 2. The van der Waals surface area contributed by atoms with E-state index in [0.717, 1.165) is 11.5 Å². The highest BCUT2D eigenvalue weighted by Gasteiger charge is 2.47. The summed E-state index contributed by atoms with van der Waals surface area (Å²) in [5.41, 5.74) is 1.35. The van der Waals surface area contributed by atoms with Crippen LogP contribution in [0.4, 0.5) is 10.6 Å². The number of hydrogen-bond donors (Lipinski definition) is 0. The molecule has 8 nitrogen and oxygen atoms in total. The Bertz CT molecular complexity index is 827. The molecule has 2 aliphatic heterocycles. The molecule has 2 aromatic rings. The lowest BCUT2D eigenvalue weighted by Crippen LogP contribution is -2.39. The van der Waals surface area contributed by atoms with Crippen molar-refractivity contribution < 1.29 is 19.1 Å². The largest absolute Gasteiger partial charge is 0.465 e. The molecule has 2 saturated heterocycles. The molecule has 0 aliphatic carbocycles. The molecule has 4 heterocycles. The first kappa shape index (κ1) is 17.3. The van der Waals surface area contributed by atoms with Crippen LogP contribution < -0.4 is 4.90 Å². The molecule has 2 fully saturated rings. The smallest absolute Gasteiger partial charge is 0.410 e. The zero-order chi connectivity index (χ0) is 18.8. The minimum Gasteiger partial charge on any atom is -0.465 e. The summed E-state index contributed by atoms with van der Waals surface area (Å²) in [6.45, 7) is 1.80. The number of rotatable bonds is 5.